The Bertz CT molecular complexity index is 951. The van der Waals surface area contributed by atoms with Crippen molar-refractivity contribution in [3.63, 3.8) is 0 Å². The number of hydrogen-bond donors (Lipinski definition) is 1. The molecule has 0 bridgehead atoms. The molecule has 7 nitrogen and oxygen atoms in total. The molecule has 0 aliphatic carbocycles. The van der Waals surface area contributed by atoms with Gasteiger partial charge in [-0.3, -0.25) is 4.79 Å². The lowest BCUT2D eigenvalue weighted by molar-refractivity contribution is 0.0941. The highest BCUT2D eigenvalue weighted by Crippen LogP contribution is 2.35. The van der Waals surface area contributed by atoms with Crippen LogP contribution < -0.4 is 14.8 Å². The van der Waals surface area contributed by atoms with Crippen molar-refractivity contribution >= 4 is 5.91 Å². The average Bonchev–Trinajstić information content (AvgIpc) is 3.30. The lowest BCUT2D eigenvalue weighted by Crippen LogP contribution is -2.26. The van der Waals surface area contributed by atoms with Crippen LogP contribution in [0, 0.1) is 6.92 Å². The van der Waals surface area contributed by atoms with Gasteiger partial charge in [-0.2, -0.15) is 4.98 Å². The summed E-state index contributed by atoms with van der Waals surface area (Å²) in [5, 5.41) is 6.56. The minimum Gasteiger partial charge on any atom is -0.454 e. The maximum Gasteiger partial charge on any atom is 0.292 e. The van der Waals surface area contributed by atoms with Gasteiger partial charge in [-0.1, -0.05) is 35.0 Å². The summed E-state index contributed by atoms with van der Waals surface area (Å²) in [6, 6.07) is 13.5. The van der Waals surface area contributed by atoms with Gasteiger partial charge in [0.25, 0.3) is 17.6 Å². The van der Waals surface area contributed by atoms with Crippen LogP contribution >= 0.6 is 0 Å². The zero-order chi connectivity index (χ0) is 17.9. The van der Waals surface area contributed by atoms with Crippen molar-refractivity contribution in [1.29, 1.82) is 0 Å². The van der Waals surface area contributed by atoms with Crippen molar-refractivity contribution in [2.24, 2.45) is 0 Å². The molecular weight excluding hydrogens is 334 g/mol. The van der Waals surface area contributed by atoms with E-state index in [4.69, 9.17) is 14.0 Å². The number of nitrogens with zero attached hydrogens (tertiary/aromatic N) is 2. The van der Waals surface area contributed by atoms with Crippen LogP contribution in [0.3, 0.4) is 0 Å². The topological polar surface area (TPSA) is 86.5 Å². The summed E-state index contributed by atoms with van der Waals surface area (Å²) in [6.07, 6.45) is 0.736. The molecule has 1 aliphatic heterocycles. The number of hydrogen-bond acceptors (Lipinski definition) is 6. The smallest absolute Gasteiger partial charge is 0.292 e. The molecule has 0 fully saturated rings. The second-order valence-electron chi connectivity index (χ2n) is 5.99. The van der Waals surface area contributed by atoms with Crippen LogP contribution in [-0.4, -0.2) is 29.4 Å². The maximum atomic E-state index is 12.2. The molecule has 132 valence electrons. The first-order valence-corrected chi connectivity index (χ1v) is 8.26. The number of aromatic nitrogens is 2. The number of fused-ring (bicyclic) bond motifs is 1. The predicted molar refractivity (Wildman–Crippen MR) is 93.1 cm³/mol. The fourth-order valence-electron chi connectivity index (χ4n) is 2.73. The monoisotopic (exact) mass is 351 g/mol. The maximum absolute atomic E-state index is 12.2. The number of carbonyl (C=O) groups is 1. The van der Waals surface area contributed by atoms with E-state index in [1.165, 1.54) is 11.1 Å². The Morgan fingerprint density at radius 2 is 2.04 bits per heavy atom. The first-order valence-electron chi connectivity index (χ1n) is 8.26. The number of rotatable bonds is 5. The molecule has 26 heavy (non-hydrogen) atoms. The predicted octanol–water partition coefficient (Wildman–Crippen LogP) is 2.75. The van der Waals surface area contributed by atoms with Gasteiger partial charge in [0, 0.05) is 12.1 Å². The van der Waals surface area contributed by atoms with Gasteiger partial charge in [-0.25, -0.2) is 0 Å². The summed E-state index contributed by atoms with van der Waals surface area (Å²) in [5.74, 6) is 1.18. The molecule has 0 atom stereocenters. The summed E-state index contributed by atoms with van der Waals surface area (Å²) in [5.41, 5.74) is 3.03. The van der Waals surface area contributed by atoms with Crippen LogP contribution in [0.15, 0.2) is 47.0 Å². The van der Waals surface area contributed by atoms with Gasteiger partial charge in [0.15, 0.2) is 11.5 Å². The van der Waals surface area contributed by atoms with Gasteiger partial charge >= 0.3 is 0 Å². The van der Waals surface area contributed by atoms with Crippen molar-refractivity contribution in [2.75, 3.05) is 13.3 Å². The molecule has 0 spiro atoms. The van der Waals surface area contributed by atoms with Crippen LogP contribution in [-0.2, 0) is 6.42 Å². The molecule has 0 unspecified atom stereocenters. The number of nitrogens with one attached hydrogen (secondary N) is 1. The third-order valence-corrected chi connectivity index (χ3v) is 4.03. The quantitative estimate of drug-likeness (QED) is 0.761. The largest absolute Gasteiger partial charge is 0.454 e. The molecule has 0 saturated carbocycles. The third kappa shape index (κ3) is 3.37. The summed E-state index contributed by atoms with van der Waals surface area (Å²) in [6.45, 7) is 2.73. The number of aryl methyl sites for hydroxylation is 1. The third-order valence-electron chi connectivity index (χ3n) is 4.03. The van der Waals surface area contributed by atoms with Crippen molar-refractivity contribution < 1.29 is 18.8 Å². The van der Waals surface area contributed by atoms with Crippen LogP contribution in [0.1, 0.15) is 21.7 Å². The SMILES string of the molecule is Cc1cccc(CCNC(=O)c2noc(-c3ccc4c(c3)OCO4)n2)c1. The lowest BCUT2D eigenvalue weighted by atomic mass is 10.1. The molecule has 1 amide bonds. The molecule has 0 saturated heterocycles. The molecular formula is C19H17N3O4. The van der Waals surface area contributed by atoms with Crippen LogP contribution in [0.5, 0.6) is 11.5 Å². The zero-order valence-electron chi connectivity index (χ0n) is 14.2. The number of benzene rings is 2. The van der Waals surface area contributed by atoms with E-state index < -0.39 is 0 Å². The normalized spacial score (nSPS) is 12.2. The van der Waals surface area contributed by atoms with Crippen LogP contribution in [0.25, 0.3) is 11.5 Å². The molecule has 4 rings (SSSR count). The van der Waals surface area contributed by atoms with Gasteiger partial charge in [-0.15, -0.1) is 0 Å². The van der Waals surface area contributed by atoms with E-state index in [9.17, 15) is 4.79 Å². The van der Waals surface area contributed by atoms with E-state index in [1.807, 2.05) is 25.1 Å². The molecule has 1 aromatic heterocycles. The minimum absolute atomic E-state index is 0.00177. The van der Waals surface area contributed by atoms with Crippen molar-refractivity contribution in [3.8, 4) is 23.0 Å². The molecule has 1 N–H and O–H groups in total. The Morgan fingerprint density at radius 3 is 2.92 bits per heavy atom. The summed E-state index contributed by atoms with van der Waals surface area (Å²) in [4.78, 5) is 16.4. The second kappa shape index (κ2) is 6.87. The lowest BCUT2D eigenvalue weighted by Gasteiger charge is -2.03. The highest BCUT2D eigenvalue weighted by Gasteiger charge is 2.19. The van der Waals surface area contributed by atoms with E-state index in [0.717, 1.165) is 6.42 Å². The summed E-state index contributed by atoms with van der Waals surface area (Å²) >= 11 is 0. The molecule has 1 aliphatic rings. The Labute approximate surface area is 149 Å². The molecule has 2 heterocycles. The average molecular weight is 351 g/mol. The first-order chi connectivity index (χ1) is 12.7. The Morgan fingerprint density at radius 1 is 1.15 bits per heavy atom. The van der Waals surface area contributed by atoms with Crippen molar-refractivity contribution in [1.82, 2.24) is 15.5 Å². The second-order valence-corrected chi connectivity index (χ2v) is 5.99. The minimum atomic E-state index is -0.367. The Kier molecular flexibility index (Phi) is 4.27. The molecule has 3 aromatic rings. The number of carbonyl (C=O) groups excluding carboxylic acids is 1. The van der Waals surface area contributed by atoms with Crippen LogP contribution in [0.4, 0.5) is 0 Å². The summed E-state index contributed by atoms with van der Waals surface area (Å²) < 4.78 is 15.8. The van der Waals surface area contributed by atoms with Crippen LogP contribution in [0.2, 0.25) is 0 Å². The fourth-order valence-corrected chi connectivity index (χ4v) is 2.73. The molecule has 2 aromatic carbocycles. The van der Waals surface area contributed by atoms with Gasteiger partial charge in [0.05, 0.1) is 0 Å². The van der Waals surface area contributed by atoms with E-state index in [2.05, 4.69) is 21.5 Å². The molecule has 0 radical (unpaired) electrons. The standard InChI is InChI=1S/C19H17N3O4/c1-12-3-2-4-13(9-12)7-8-20-18(23)17-21-19(26-22-17)14-5-6-15-16(10-14)25-11-24-15/h2-6,9-10H,7-8,11H2,1H3,(H,20,23). The van der Waals surface area contributed by atoms with Crippen molar-refractivity contribution in [2.45, 2.75) is 13.3 Å². The Hall–Kier alpha value is -3.35. The number of amides is 1. The van der Waals surface area contributed by atoms with E-state index >= 15 is 0 Å². The molecule has 7 heteroatoms. The van der Waals surface area contributed by atoms with Gasteiger partial charge in [-0.05, 0) is 37.1 Å². The fraction of sp³-hybridized carbons (Fsp3) is 0.211. The van der Waals surface area contributed by atoms with Gasteiger partial charge in [0.2, 0.25) is 6.79 Å². The first kappa shape index (κ1) is 16.1. The Balaban J connectivity index is 1.38. The highest BCUT2D eigenvalue weighted by molar-refractivity contribution is 5.90. The van der Waals surface area contributed by atoms with E-state index in [-0.39, 0.29) is 24.4 Å². The van der Waals surface area contributed by atoms with E-state index in [1.54, 1.807) is 18.2 Å². The number of ether oxygens (including phenoxy) is 2. The van der Waals surface area contributed by atoms with Gasteiger partial charge < -0.3 is 19.3 Å². The summed E-state index contributed by atoms with van der Waals surface area (Å²) in [7, 11) is 0. The zero-order valence-corrected chi connectivity index (χ0v) is 14.2. The van der Waals surface area contributed by atoms with Crippen molar-refractivity contribution in [3.05, 3.63) is 59.4 Å². The highest BCUT2D eigenvalue weighted by atomic mass is 16.7. The van der Waals surface area contributed by atoms with Gasteiger partial charge in [0.1, 0.15) is 0 Å². The van der Waals surface area contributed by atoms with E-state index in [0.29, 0.717) is 23.6 Å².